The summed E-state index contributed by atoms with van der Waals surface area (Å²) >= 11 is 0. The number of amides is 4. The maximum atomic E-state index is 13.6. The predicted molar refractivity (Wildman–Crippen MR) is 144 cm³/mol. The van der Waals surface area contributed by atoms with Crippen LogP contribution in [0, 0.1) is 11.7 Å². The number of nitrogens with one attached hydrogen (secondary N) is 1. The molecule has 0 spiro atoms. The molecule has 4 heterocycles. The van der Waals surface area contributed by atoms with Gasteiger partial charge in [0.05, 0.1) is 17.8 Å². The van der Waals surface area contributed by atoms with Crippen LogP contribution in [0.25, 0.3) is 11.0 Å². The molecule has 5 rings (SSSR count). The second-order valence-corrected chi connectivity index (χ2v) is 12.4. The largest absolute Gasteiger partial charge is 0.443 e. The molecular weight excluding hydrogens is 598 g/mol. The molecule has 2 atom stereocenters. The number of rotatable bonds is 7. The molecule has 2 aromatic heterocycles. The number of imide groups is 1. The Bertz CT molecular complexity index is 1670. The van der Waals surface area contributed by atoms with Crippen LogP contribution in [0.2, 0.25) is 0 Å². The number of benzene rings is 1. The molecule has 230 valence electrons. The molecule has 1 N–H and O–H groups in total. The maximum absolute atomic E-state index is 13.6. The number of urea groups is 1. The van der Waals surface area contributed by atoms with Crippen LogP contribution >= 0.6 is 0 Å². The third kappa shape index (κ3) is 5.80. The van der Waals surface area contributed by atoms with E-state index in [1.807, 2.05) is 0 Å². The maximum Gasteiger partial charge on any atom is 0.433 e. The Kier molecular flexibility index (Phi) is 7.94. The summed E-state index contributed by atoms with van der Waals surface area (Å²) in [4.78, 5) is 45.0. The van der Waals surface area contributed by atoms with Crippen molar-refractivity contribution in [2.75, 3.05) is 24.5 Å². The van der Waals surface area contributed by atoms with E-state index in [2.05, 4.69) is 10.3 Å². The van der Waals surface area contributed by atoms with Crippen molar-refractivity contribution >= 4 is 44.5 Å². The van der Waals surface area contributed by atoms with Crippen molar-refractivity contribution in [2.45, 2.75) is 50.0 Å². The molecule has 3 aromatic rings. The molecule has 2 fully saturated rings. The summed E-state index contributed by atoms with van der Waals surface area (Å²) < 4.78 is 85.8. The standard InChI is InChI=1S/C27H27F4N5O6S/c1-15(2)36-25(38)17(14-34(26(36)39)19-6-8-22(32-13-19)27(29,30)31)12-33-24(37)20-4-3-9-35(20)43(40,41)23-11-16-10-18(28)5-7-21(16)42-23/h5-8,10-11,13,15,17,20H,3-4,9,12,14H2,1-2H3,(H,33,37)/t17?,20-/m0/s1. The fourth-order valence-corrected chi connectivity index (χ4v) is 6.83. The van der Waals surface area contributed by atoms with Crippen molar-refractivity contribution in [2.24, 2.45) is 5.92 Å². The van der Waals surface area contributed by atoms with Gasteiger partial charge in [-0.25, -0.2) is 22.6 Å². The van der Waals surface area contributed by atoms with Gasteiger partial charge in [0.2, 0.25) is 16.9 Å². The number of pyridine rings is 1. The average Bonchev–Trinajstić information content (AvgIpc) is 3.60. The van der Waals surface area contributed by atoms with Gasteiger partial charge in [0.25, 0.3) is 10.0 Å². The Hall–Kier alpha value is -4.05. The first kappa shape index (κ1) is 30.4. The fraction of sp³-hybridized carbons (Fsp3) is 0.407. The number of alkyl halides is 3. The summed E-state index contributed by atoms with van der Waals surface area (Å²) in [6.45, 7) is 2.68. The highest BCUT2D eigenvalue weighted by molar-refractivity contribution is 7.89. The van der Waals surface area contributed by atoms with Crippen LogP contribution in [-0.2, 0) is 25.8 Å². The summed E-state index contributed by atoms with van der Waals surface area (Å²) in [5.41, 5.74) is -0.952. The van der Waals surface area contributed by atoms with Gasteiger partial charge in [-0.2, -0.15) is 17.5 Å². The number of carbonyl (C=O) groups excluding carboxylic acids is 3. The van der Waals surface area contributed by atoms with E-state index in [4.69, 9.17) is 4.42 Å². The lowest BCUT2D eigenvalue weighted by atomic mass is 10.0. The van der Waals surface area contributed by atoms with Crippen LogP contribution < -0.4 is 10.2 Å². The average molecular weight is 626 g/mol. The molecule has 1 unspecified atom stereocenters. The second-order valence-electron chi connectivity index (χ2n) is 10.6. The molecule has 0 bridgehead atoms. The molecular formula is C27H27F4N5O6S. The van der Waals surface area contributed by atoms with E-state index in [9.17, 15) is 40.4 Å². The first-order chi connectivity index (χ1) is 20.2. The number of aromatic nitrogens is 1. The van der Waals surface area contributed by atoms with Crippen LogP contribution in [0.1, 0.15) is 32.4 Å². The lowest BCUT2D eigenvalue weighted by Crippen LogP contribution is -2.61. The molecule has 0 aliphatic carbocycles. The summed E-state index contributed by atoms with van der Waals surface area (Å²) in [7, 11) is -4.28. The van der Waals surface area contributed by atoms with Gasteiger partial charge in [0.15, 0.2) is 0 Å². The Morgan fingerprint density at radius 2 is 1.91 bits per heavy atom. The quantitative estimate of drug-likeness (QED) is 0.396. The first-order valence-corrected chi connectivity index (χ1v) is 14.8. The molecule has 4 amide bonds. The Morgan fingerprint density at radius 1 is 1.16 bits per heavy atom. The monoisotopic (exact) mass is 625 g/mol. The van der Waals surface area contributed by atoms with E-state index in [-0.39, 0.29) is 42.7 Å². The Labute approximate surface area is 243 Å². The van der Waals surface area contributed by atoms with Crippen molar-refractivity contribution in [3.63, 3.8) is 0 Å². The molecule has 1 aromatic carbocycles. The van der Waals surface area contributed by atoms with Crippen LogP contribution in [0.4, 0.5) is 28.0 Å². The van der Waals surface area contributed by atoms with E-state index in [1.165, 1.54) is 12.1 Å². The zero-order chi connectivity index (χ0) is 31.3. The molecule has 2 aliphatic rings. The van der Waals surface area contributed by atoms with Crippen molar-refractivity contribution in [1.29, 1.82) is 0 Å². The highest BCUT2D eigenvalue weighted by Gasteiger charge is 2.44. The van der Waals surface area contributed by atoms with Crippen molar-refractivity contribution in [3.05, 3.63) is 54.1 Å². The molecule has 2 saturated heterocycles. The molecule has 2 aliphatic heterocycles. The van der Waals surface area contributed by atoms with Gasteiger partial charge in [-0.05, 0) is 57.0 Å². The van der Waals surface area contributed by atoms with Gasteiger partial charge in [0, 0.05) is 37.1 Å². The SMILES string of the molecule is CC(C)N1C(=O)C(CNC(=O)[C@@H]2CCCN2S(=O)(=O)c2cc3cc(F)ccc3o2)CN(c2ccc(C(F)(F)F)nc2)C1=O. The van der Waals surface area contributed by atoms with E-state index >= 15 is 0 Å². The van der Waals surface area contributed by atoms with E-state index in [0.29, 0.717) is 6.42 Å². The zero-order valence-corrected chi connectivity index (χ0v) is 23.8. The predicted octanol–water partition coefficient (Wildman–Crippen LogP) is 3.75. The van der Waals surface area contributed by atoms with Gasteiger partial charge >= 0.3 is 12.2 Å². The van der Waals surface area contributed by atoms with Crippen LogP contribution in [0.15, 0.2) is 52.1 Å². The summed E-state index contributed by atoms with van der Waals surface area (Å²) in [5.74, 6) is -2.82. The highest BCUT2D eigenvalue weighted by atomic mass is 32.2. The minimum Gasteiger partial charge on any atom is -0.443 e. The molecule has 0 radical (unpaired) electrons. The third-order valence-corrected chi connectivity index (χ3v) is 9.10. The minimum atomic E-state index is -4.68. The normalized spacial score (nSPS) is 20.4. The summed E-state index contributed by atoms with van der Waals surface area (Å²) in [6.07, 6.45) is -3.23. The Morgan fingerprint density at radius 3 is 2.56 bits per heavy atom. The lowest BCUT2D eigenvalue weighted by Gasteiger charge is -2.40. The van der Waals surface area contributed by atoms with Crippen molar-refractivity contribution in [1.82, 2.24) is 19.5 Å². The van der Waals surface area contributed by atoms with E-state index < -0.39 is 68.7 Å². The van der Waals surface area contributed by atoms with E-state index in [1.54, 1.807) is 13.8 Å². The molecule has 43 heavy (non-hydrogen) atoms. The highest BCUT2D eigenvalue weighted by Crippen LogP contribution is 2.32. The van der Waals surface area contributed by atoms with Crippen molar-refractivity contribution in [3.8, 4) is 0 Å². The van der Waals surface area contributed by atoms with Crippen LogP contribution in [0.3, 0.4) is 0 Å². The number of anilines is 1. The van der Waals surface area contributed by atoms with Gasteiger partial charge in [0.1, 0.15) is 23.1 Å². The number of halogens is 4. The summed E-state index contributed by atoms with van der Waals surface area (Å²) in [5, 5.41) is 2.41. The van der Waals surface area contributed by atoms with Gasteiger partial charge in [-0.3, -0.25) is 19.4 Å². The van der Waals surface area contributed by atoms with Gasteiger partial charge in [-0.1, -0.05) is 0 Å². The number of hydrogen-bond donors (Lipinski definition) is 1. The zero-order valence-electron chi connectivity index (χ0n) is 23.0. The number of hydrogen-bond acceptors (Lipinski definition) is 7. The molecule has 16 heteroatoms. The summed E-state index contributed by atoms with van der Waals surface area (Å²) in [6, 6.07) is 4.07. The number of furan rings is 1. The third-order valence-electron chi connectivity index (χ3n) is 7.34. The number of carbonyl (C=O) groups is 3. The molecule has 11 nitrogen and oxygen atoms in total. The fourth-order valence-electron chi connectivity index (χ4n) is 5.22. The molecule has 0 saturated carbocycles. The topological polar surface area (TPSA) is 133 Å². The first-order valence-electron chi connectivity index (χ1n) is 13.3. The van der Waals surface area contributed by atoms with Crippen LogP contribution in [-0.4, -0.2) is 72.2 Å². The van der Waals surface area contributed by atoms with Gasteiger partial charge < -0.3 is 9.73 Å². The second kappa shape index (κ2) is 11.2. The Balaban J connectivity index is 1.32. The van der Waals surface area contributed by atoms with E-state index in [0.717, 1.165) is 44.6 Å². The number of nitrogens with zero attached hydrogens (tertiary/aromatic N) is 4. The van der Waals surface area contributed by atoms with Crippen LogP contribution in [0.5, 0.6) is 0 Å². The lowest BCUT2D eigenvalue weighted by molar-refractivity contribution is -0.141. The number of sulfonamides is 1. The number of fused-ring (bicyclic) bond motifs is 1. The van der Waals surface area contributed by atoms with Gasteiger partial charge in [-0.15, -0.1) is 0 Å². The smallest absolute Gasteiger partial charge is 0.433 e. The minimum absolute atomic E-state index is 0.0263. The van der Waals surface area contributed by atoms with Crippen molar-refractivity contribution < 1.29 is 44.8 Å².